The summed E-state index contributed by atoms with van der Waals surface area (Å²) >= 11 is 5.76. The highest BCUT2D eigenvalue weighted by Crippen LogP contribution is 2.31. The minimum atomic E-state index is -0.566. The Hall–Kier alpha value is -1.95. The van der Waals surface area contributed by atoms with Gasteiger partial charge >= 0.3 is 0 Å². The number of rotatable bonds is 4. The Balaban J connectivity index is 2.44. The summed E-state index contributed by atoms with van der Waals surface area (Å²) in [4.78, 5) is 35.3. The minimum Gasteiger partial charge on any atom is -0.311 e. The average molecular weight is 297 g/mol. The molecule has 0 radical (unpaired) electrons. The lowest BCUT2D eigenvalue weighted by molar-refractivity contribution is -0.384. The van der Waals surface area contributed by atoms with Gasteiger partial charge in [-0.1, -0.05) is 0 Å². The van der Waals surface area contributed by atoms with E-state index in [2.05, 4.69) is 0 Å². The highest BCUT2D eigenvalue weighted by atomic mass is 35.5. The van der Waals surface area contributed by atoms with Crippen molar-refractivity contribution < 1.29 is 14.5 Å². The van der Waals surface area contributed by atoms with Gasteiger partial charge in [-0.2, -0.15) is 0 Å². The number of benzene rings is 1. The predicted octanol–water partition coefficient (Wildman–Crippen LogP) is 2.39. The summed E-state index contributed by atoms with van der Waals surface area (Å²) in [5.74, 6) is -0.0260. The van der Waals surface area contributed by atoms with Gasteiger partial charge in [0.15, 0.2) is 5.78 Å². The molecule has 0 aliphatic carbocycles. The summed E-state index contributed by atoms with van der Waals surface area (Å²) in [6, 6.07) is 3.95. The van der Waals surface area contributed by atoms with Gasteiger partial charge in [0.05, 0.1) is 10.6 Å². The summed E-state index contributed by atoms with van der Waals surface area (Å²) in [6.45, 7) is 1.75. The molecular formula is C13H13ClN2O4. The van der Waals surface area contributed by atoms with Gasteiger partial charge in [-0.15, -0.1) is 11.6 Å². The van der Waals surface area contributed by atoms with E-state index in [-0.39, 0.29) is 28.9 Å². The molecule has 0 spiro atoms. The Morgan fingerprint density at radius 3 is 2.75 bits per heavy atom. The SMILES string of the molecule is CC(=O)c1cc([N+](=O)[O-])ccc1N1CC(CCl)CC1=O. The maximum absolute atomic E-state index is 12.0. The van der Waals surface area contributed by atoms with Gasteiger partial charge in [-0.05, 0) is 18.9 Å². The molecule has 1 aliphatic heterocycles. The number of hydrogen-bond acceptors (Lipinski definition) is 4. The summed E-state index contributed by atoms with van der Waals surface area (Å²) in [7, 11) is 0. The molecule has 0 saturated carbocycles. The smallest absolute Gasteiger partial charge is 0.270 e. The van der Waals surface area contributed by atoms with E-state index in [0.29, 0.717) is 24.5 Å². The van der Waals surface area contributed by atoms with Gasteiger partial charge in [0.2, 0.25) is 5.91 Å². The van der Waals surface area contributed by atoms with Crippen LogP contribution in [-0.2, 0) is 4.79 Å². The van der Waals surface area contributed by atoms with Crippen molar-refractivity contribution in [3.8, 4) is 0 Å². The Labute approximate surface area is 120 Å². The van der Waals surface area contributed by atoms with E-state index in [9.17, 15) is 19.7 Å². The second kappa shape index (κ2) is 5.58. The number of alkyl halides is 1. The van der Waals surface area contributed by atoms with Gasteiger partial charge in [-0.25, -0.2) is 0 Å². The van der Waals surface area contributed by atoms with Crippen molar-refractivity contribution in [1.29, 1.82) is 0 Å². The minimum absolute atomic E-state index is 0.0409. The summed E-state index contributed by atoms with van der Waals surface area (Å²) in [6.07, 6.45) is 0.331. The van der Waals surface area contributed by atoms with E-state index in [4.69, 9.17) is 11.6 Å². The second-order valence-electron chi connectivity index (χ2n) is 4.74. The second-order valence-corrected chi connectivity index (χ2v) is 5.05. The van der Waals surface area contributed by atoms with Gasteiger partial charge in [0.1, 0.15) is 0 Å². The Bertz CT molecular complexity index is 588. The van der Waals surface area contributed by atoms with Crippen LogP contribution in [0.2, 0.25) is 0 Å². The summed E-state index contributed by atoms with van der Waals surface area (Å²) in [5.41, 5.74) is 0.433. The number of ketones is 1. The van der Waals surface area contributed by atoms with Gasteiger partial charge < -0.3 is 4.90 Å². The molecule has 1 unspecified atom stereocenters. The van der Waals surface area contributed by atoms with Crippen LogP contribution in [0.5, 0.6) is 0 Å². The van der Waals surface area contributed by atoms with Crippen LogP contribution in [0.25, 0.3) is 0 Å². The fraction of sp³-hybridized carbons (Fsp3) is 0.385. The number of nitro benzene ring substituents is 1. The van der Waals surface area contributed by atoms with E-state index in [0.717, 1.165) is 0 Å². The molecule has 1 fully saturated rings. The third-order valence-electron chi connectivity index (χ3n) is 3.28. The van der Waals surface area contributed by atoms with Crippen molar-refractivity contribution in [2.45, 2.75) is 13.3 Å². The van der Waals surface area contributed by atoms with Crippen LogP contribution in [0.15, 0.2) is 18.2 Å². The number of halogens is 1. The maximum atomic E-state index is 12.0. The first-order valence-corrected chi connectivity index (χ1v) is 6.63. The van der Waals surface area contributed by atoms with Gasteiger partial charge in [0.25, 0.3) is 5.69 Å². The van der Waals surface area contributed by atoms with Crippen molar-refractivity contribution in [2.75, 3.05) is 17.3 Å². The first kappa shape index (κ1) is 14.5. The maximum Gasteiger partial charge on any atom is 0.270 e. The standard InChI is InChI=1S/C13H13ClN2O4/c1-8(17)11-5-10(16(19)20)2-3-12(11)15-7-9(6-14)4-13(15)18/h2-3,5,9H,4,6-7H2,1H3. The van der Waals surface area contributed by atoms with Crippen LogP contribution in [-0.4, -0.2) is 29.0 Å². The number of amides is 1. The average Bonchev–Trinajstić information content (AvgIpc) is 2.79. The van der Waals surface area contributed by atoms with E-state index in [1.807, 2.05) is 0 Å². The lowest BCUT2D eigenvalue weighted by atomic mass is 10.1. The summed E-state index contributed by atoms with van der Waals surface area (Å²) in [5, 5.41) is 10.8. The number of hydrogen-bond donors (Lipinski definition) is 0. The van der Waals surface area contributed by atoms with E-state index >= 15 is 0 Å². The molecule has 106 valence electrons. The molecule has 6 nitrogen and oxygen atoms in total. The van der Waals surface area contributed by atoms with Crippen LogP contribution in [0.3, 0.4) is 0 Å². The molecule has 0 aromatic heterocycles. The molecule has 20 heavy (non-hydrogen) atoms. The third kappa shape index (κ3) is 2.65. The molecule has 1 heterocycles. The number of Topliss-reactive ketones (excluding diaryl/α,β-unsaturated/α-hetero) is 1. The van der Waals surface area contributed by atoms with Crippen molar-refractivity contribution in [1.82, 2.24) is 0 Å². The molecule has 7 heteroatoms. The number of non-ortho nitro benzene ring substituents is 1. The molecule has 1 aliphatic rings. The highest BCUT2D eigenvalue weighted by molar-refractivity contribution is 6.18. The largest absolute Gasteiger partial charge is 0.311 e. The summed E-state index contributed by atoms with van der Waals surface area (Å²) < 4.78 is 0. The number of nitro groups is 1. The third-order valence-corrected chi connectivity index (χ3v) is 3.72. The predicted molar refractivity (Wildman–Crippen MR) is 74.3 cm³/mol. The molecule has 1 aromatic carbocycles. The van der Waals surface area contributed by atoms with Crippen LogP contribution < -0.4 is 4.90 Å². The molecule has 2 rings (SSSR count). The fourth-order valence-corrected chi connectivity index (χ4v) is 2.48. The molecular weight excluding hydrogens is 284 g/mol. The van der Waals surface area contributed by atoms with Crippen molar-refractivity contribution >= 4 is 34.7 Å². The zero-order valence-electron chi connectivity index (χ0n) is 10.8. The van der Waals surface area contributed by atoms with Crippen LogP contribution >= 0.6 is 11.6 Å². The van der Waals surface area contributed by atoms with Gasteiger partial charge in [0, 0.05) is 36.5 Å². The zero-order valence-corrected chi connectivity index (χ0v) is 11.6. The van der Waals surface area contributed by atoms with E-state index in [1.165, 1.54) is 30.0 Å². The highest BCUT2D eigenvalue weighted by Gasteiger charge is 2.32. The first-order chi connectivity index (χ1) is 9.43. The Morgan fingerprint density at radius 2 is 2.25 bits per heavy atom. The molecule has 1 saturated heterocycles. The molecule has 1 amide bonds. The number of anilines is 1. The molecule has 1 atom stereocenters. The Kier molecular flexibility index (Phi) is 4.04. The fourth-order valence-electron chi connectivity index (χ4n) is 2.27. The van der Waals surface area contributed by atoms with E-state index in [1.54, 1.807) is 0 Å². The number of carbonyl (C=O) groups is 2. The normalized spacial score (nSPS) is 18.4. The van der Waals surface area contributed by atoms with Crippen molar-refractivity contribution in [3.63, 3.8) is 0 Å². The monoisotopic (exact) mass is 296 g/mol. The topological polar surface area (TPSA) is 80.5 Å². The van der Waals surface area contributed by atoms with Crippen molar-refractivity contribution in [3.05, 3.63) is 33.9 Å². The molecule has 0 N–H and O–H groups in total. The number of carbonyl (C=O) groups excluding carboxylic acids is 2. The quantitative estimate of drug-likeness (QED) is 0.370. The lowest BCUT2D eigenvalue weighted by Crippen LogP contribution is -2.26. The number of nitrogens with zero attached hydrogens (tertiary/aromatic N) is 2. The van der Waals surface area contributed by atoms with Crippen LogP contribution in [0.1, 0.15) is 23.7 Å². The first-order valence-electron chi connectivity index (χ1n) is 6.09. The van der Waals surface area contributed by atoms with E-state index < -0.39 is 4.92 Å². The van der Waals surface area contributed by atoms with Gasteiger partial charge in [-0.3, -0.25) is 19.7 Å². The zero-order chi connectivity index (χ0) is 14.9. The van der Waals surface area contributed by atoms with Crippen LogP contribution in [0, 0.1) is 16.0 Å². The van der Waals surface area contributed by atoms with Crippen LogP contribution in [0.4, 0.5) is 11.4 Å². The van der Waals surface area contributed by atoms with Crippen molar-refractivity contribution in [2.24, 2.45) is 5.92 Å². The Morgan fingerprint density at radius 1 is 1.55 bits per heavy atom. The molecule has 1 aromatic rings. The molecule has 0 bridgehead atoms. The lowest BCUT2D eigenvalue weighted by Gasteiger charge is -2.19.